The average Bonchev–Trinajstić information content (AvgIpc) is 3.56. The van der Waals surface area contributed by atoms with Gasteiger partial charge in [-0.1, -0.05) is 18.2 Å². The van der Waals surface area contributed by atoms with Crippen molar-refractivity contribution in [1.29, 1.82) is 0 Å². The van der Waals surface area contributed by atoms with Crippen LogP contribution >= 0.6 is 0 Å². The minimum Gasteiger partial charge on any atom is -0.339 e. The molecule has 0 radical (unpaired) electrons. The summed E-state index contributed by atoms with van der Waals surface area (Å²) < 4.78 is 30.3. The number of sulfonamides is 1. The number of carbonyl (C=O) groups excluding carboxylic acids is 1. The summed E-state index contributed by atoms with van der Waals surface area (Å²) in [6, 6.07) is 19.2. The van der Waals surface area contributed by atoms with E-state index >= 15 is 0 Å². The highest BCUT2D eigenvalue weighted by Crippen LogP contribution is 2.33. The second kappa shape index (κ2) is 7.77. The van der Waals surface area contributed by atoms with Crippen molar-refractivity contribution in [3.8, 4) is 0 Å². The highest BCUT2D eigenvalue weighted by atomic mass is 32.2. The molecule has 0 aliphatic carbocycles. The zero-order valence-corrected chi connectivity index (χ0v) is 18.8. The molecule has 1 amide bonds. The van der Waals surface area contributed by atoms with Gasteiger partial charge in [0.1, 0.15) is 4.90 Å². The monoisotopic (exact) mass is 472 g/mol. The molecule has 10 heteroatoms. The van der Waals surface area contributed by atoms with E-state index in [9.17, 15) is 13.2 Å². The number of rotatable bonds is 3. The molecule has 0 bridgehead atoms. The van der Waals surface area contributed by atoms with E-state index in [1.807, 2.05) is 33.7 Å². The van der Waals surface area contributed by atoms with Crippen LogP contribution in [-0.2, 0) is 10.0 Å². The largest absolute Gasteiger partial charge is 0.339 e. The van der Waals surface area contributed by atoms with E-state index < -0.39 is 10.0 Å². The molecule has 6 rings (SSSR count). The summed E-state index contributed by atoms with van der Waals surface area (Å²) in [6.45, 7) is 0.650. The van der Waals surface area contributed by atoms with Crippen molar-refractivity contribution in [3.05, 3.63) is 89.9 Å². The van der Waals surface area contributed by atoms with E-state index in [4.69, 9.17) is 0 Å². The van der Waals surface area contributed by atoms with Crippen LogP contribution in [0.2, 0.25) is 0 Å². The molecule has 0 saturated carbocycles. The van der Waals surface area contributed by atoms with Gasteiger partial charge in [0, 0.05) is 29.6 Å². The minimum absolute atomic E-state index is 0.0761. The van der Waals surface area contributed by atoms with E-state index in [0.29, 0.717) is 23.4 Å². The Morgan fingerprint density at radius 2 is 1.76 bits per heavy atom. The fraction of sp³-hybridized carbons (Fsp3) is 0.167. The Morgan fingerprint density at radius 3 is 2.62 bits per heavy atom. The van der Waals surface area contributed by atoms with Crippen molar-refractivity contribution in [2.24, 2.45) is 4.40 Å². The third-order valence-corrected chi connectivity index (χ3v) is 7.51. The molecule has 2 aromatic carbocycles. The lowest BCUT2D eigenvalue weighted by molar-refractivity contribution is 0.0729. The van der Waals surface area contributed by atoms with Gasteiger partial charge in [0.05, 0.1) is 6.04 Å². The molecule has 1 N–H and O–H groups in total. The summed E-state index contributed by atoms with van der Waals surface area (Å²) in [5, 5.41) is 11.6. The predicted molar refractivity (Wildman–Crippen MR) is 126 cm³/mol. The lowest BCUT2D eigenvalue weighted by Gasteiger charge is -2.23. The van der Waals surface area contributed by atoms with Gasteiger partial charge >= 0.3 is 0 Å². The average molecular weight is 473 g/mol. The number of hydrogen-bond donors (Lipinski definition) is 1. The highest BCUT2D eigenvalue weighted by Gasteiger charge is 2.34. The fourth-order valence-electron chi connectivity index (χ4n) is 4.56. The highest BCUT2D eigenvalue weighted by molar-refractivity contribution is 7.90. The first-order chi connectivity index (χ1) is 16.5. The van der Waals surface area contributed by atoms with E-state index in [2.05, 4.69) is 19.9 Å². The summed E-state index contributed by atoms with van der Waals surface area (Å²) in [6.07, 6.45) is 3.64. The van der Waals surface area contributed by atoms with Crippen molar-refractivity contribution in [3.63, 3.8) is 0 Å². The number of hydrogen-bond acceptors (Lipinski definition) is 6. The number of benzene rings is 2. The van der Waals surface area contributed by atoms with Crippen LogP contribution < -0.4 is 5.32 Å². The molecule has 170 valence electrons. The van der Waals surface area contributed by atoms with E-state index in [-0.39, 0.29) is 22.7 Å². The van der Waals surface area contributed by atoms with Crippen molar-refractivity contribution >= 4 is 33.1 Å². The Hall–Kier alpha value is -4.05. The van der Waals surface area contributed by atoms with E-state index in [1.54, 1.807) is 42.5 Å². The van der Waals surface area contributed by atoms with Gasteiger partial charge in [0.25, 0.3) is 15.9 Å². The number of amides is 1. The number of carbonyl (C=O) groups is 1. The second-order valence-corrected chi connectivity index (χ2v) is 9.83. The maximum absolute atomic E-state index is 13.3. The summed E-state index contributed by atoms with van der Waals surface area (Å²) >= 11 is 0. The summed E-state index contributed by atoms with van der Waals surface area (Å²) in [7, 11) is -3.70. The number of pyridine rings is 1. The number of amidine groups is 1. The van der Waals surface area contributed by atoms with Crippen LogP contribution in [0.4, 0.5) is 5.69 Å². The second-order valence-electron chi connectivity index (χ2n) is 8.26. The van der Waals surface area contributed by atoms with Gasteiger partial charge in [-0.3, -0.25) is 9.20 Å². The molecule has 9 nitrogen and oxygen atoms in total. The zero-order valence-electron chi connectivity index (χ0n) is 18.0. The Balaban J connectivity index is 1.23. The van der Waals surface area contributed by atoms with Gasteiger partial charge in [0.15, 0.2) is 17.3 Å². The maximum Gasteiger partial charge on any atom is 0.285 e. The molecular formula is C24H20N6O3S. The van der Waals surface area contributed by atoms with Gasteiger partial charge in [-0.25, -0.2) is 0 Å². The number of nitrogens with zero attached hydrogens (tertiary/aromatic N) is 5. The summed E-state index contributed by atoms with van der Waals surface area (Å²) in [5.74, 6) is 0.958. The third kappa shape index (κ3) is 3.34. The van der Waals surface area contributed by atoms with Crippen molar-refractivity contribution < 1.29 is 13.2 Å². The number of anilines is 1. The smallest absolute Gasteiger partial charge is 0.285 e. The van der Waals surface area contributed by atoms with Gasteiger partial charge in [0.2, 0.25) is 0 Å². The van der Waals surface area contributed by atoms with Crippen molar-refractivity contribution in [2.45, 2.75) is 23.8 Å². The van der Waals surface area contributed by atoms with Crippen LogP contribution in [0.3, 0.4) is 0 Å². The van der Waals surface area contributed by atoms with Crippen LogP contribution in [0.5, 0.6) is 0 Å². The first-order valence-electron chi connectivity index (χ1n) is 10.9. The van der Waals surface area contributed by atoms with E-state index in [0.717, 1.165) is 24.3 Å². The van der Waals surface area contributed by atoms with Gasteiger partial charge in [-0.05, 0) is 61.4 Å². The van der Waals surface area contributed by atoms with Crippen LogP contribution in [-0.4, -0.2) is 46.2 Å². The lowest BCUT2D eigenvalue weighted by Crippen LogP contribution is -2.31. The summed E-state index contributed by atoms with van der Waals surface area (Å²) in [5.41, 5.74) is 2.48. The molecule has 1 fully saturated rings. The molecule has 0 spiro atoms. The number of likely N-dealkylation sites (tertiary alicyclic amines) is 1. The van der Waals surface area contributed by atoms with Crippen LogP contribution in [0.25, 0.3) is 5.65 Å². The van der Waals surface area contributed by atoms with Crippen molar-refractivity contribution in [1.82, 2.24) is 19.5 Å². The first-order valence-corrected chi connectivity index (χ1v) is 12.4. The van der Waals surface area contributed by atoms with Crippen LogP contribution in [0.1, 0.15) is 40.6 Å². The lowest BCUT2D eigenvalue weighted by atomic mass is 10.1. The Labute approximate surface area is 195 Å². The molecule has 1 atom stereocenters. The standard InChI is InChI=1S/C24H20N6O3S/c31-24(29-15-5-7-19(29)23-27-26-21-9-3-4-14-30(21)23)16-10-12-17(13-11-16)25-22-18-6-1-2-8-20(18)34(32,33)28-22/h1-4,6,8-14,19H,5,7,15H2,(H,25,28)/t19-/m1/s1. The maximum atomic E-state index is 13.3. The SMILES string of the molecule is O=C(c1ccc(NC2=NS(=O)(=O)c3ccccc32)cc1)N1CCC[C@@H]1c1nnc2ccccn12. The molecule has 1 saturated heterocycles. The Kier molecular flexibility index (Phi) is 4.70. The van der Waals surface area contributed by atoms with Crippen molar-refractivity contribution in [2.75, 3.05) is 11.9 Å². The van der Waals surface area contributed by atoms with Crippen LogP contribution in [0.15, 0.2) is 82.2 Å². The molecule has 2 aliphatic heterocycles. The number of aromatic nitrogens is 3. The molecule has 2 aliphatic rings. The molecular weight excluding hydrogens is 452 g/mol. The number of nitrogens with one attached hydrogen (secondary N) is 1. The third-order valence-electron chi connectivity index (χ3n) is 6.18. The van der Waals surface area contributed by atoms with Gasteiger partial charge in [-0.2, -0.15) is 8.42 Å². The molecule has 2 aromatic heterocycles. The Bertz CT molecular complexity index is 1560. The first kappa shape index (κ1) is 20.5. The summed E-state index contributed by atoms with van der Waals surface area (Å²) in [4.78, 5) is 15.4. The van der Waals surface area contributed by atoms with Gasteiger partial charge < -0.3 is 10.2 Å². The molecule has 0 unspecified atom stereocenters. The molecule has 34 heavy (non-hydrogen) atoms. The Morgan fingerprint density at radius 1 is 0.971 bits per heavy atom. The predicted octanol–water partition coefficient (Wildman–Crippen LogP) is 3.27. The quantitative estimate of drug-likeness (QED) is 0.490. The topological polar surface area (TPSA) is 109 Å². The minimum atomic E-state index is -3.70. The van der Waals surface area contributed by atoms with E-state index in [1.165, 1.54) is 6.07 Å². The molecule has 4 heterocycles. The zero-order chi connectivity index (χ0) is 23.3. The number of fused-ring (bicyclic) bond motifs is 2. The normalized spacial score (nSPS) is 18.6. The molecule has 4 aromatic rings. The van der Waals surface area contributed by atoms with Gasteiger partial charge in [-0.15, -0.1) is 14.6 Å². The fourth-order valence-corrected chi connectivity index (χ4v) is 5.74. The van der Waals surface area contributed by atoms with Crippen LogP contribution in [0, 0.1) is 0 Å².